The van der Waals surface area contributed by atoms with E-state index >= 15 is 0 Å². The second kappa shape index (κ2) is 9.23. The molecule has 1 saturated heterocycles. The molecule has 0 unspecified atom stereocenters. The molecule has 0 bridgehead atoms. The second-order valence-electron chi connectivity index (χ2n) is 9.37. The van der Waals surface area contributed by atoms with Crippen LogP contribution in [0.4, 0.5) is 4.79 Å². The lowest BCUT2D eigenvalue weighted by Crippen LogP contribution is -2.46. The van der Waals surface area contributed by atoms with Crippen molar-refractivity contribution in [1.29, 1.82) is 0 Å². The molecule has 7 nitrogen and oxygen atoms in total. The molecule has 166 valence electrons. The van der Waals surface area contributed by atoms with Gasteiger partial charge in [-0.05, 0) is 46.0 Å². The maximum Gasteiger partial charge on any atom is 0.342 e. The Hall–Kier alpha value is -2.31. The lowest BCUT2D eigenvalue weighted by atomic mass is 9.81. The topological polar surface area (TPSA) is 78.5 Å². The first-order valence-corrected chi connectivity index (χ1v) is 11.3. The van der Waals surface area contributed by atoms with E-state index in [4.69, 9.17) is 4.74 Å². The Morgan fingerprint density at radius 1 is 1.23 bits per heavy atom. The van der Waals surface area contributed by atoms with E-state index in [0.29, 0.717) is 17.8 Å². The van der Waals surface area contributed by atoms with E-state index in [1.807, 2.05) is 18.7 Å². The summed E-state index contributed by atoms with van der Waals surface area (Å²) in [6, 6.07) is -0.0399. The molecule has 0 aliphatic carbocycles. The van der Waals surface area contributed by atoms with Crippen LogP contribution < -0.4 is 0 Å². The Morgan fingerprint density at radius 2 is 1.93 bits per heavy atom. The number of amides is 2. The predicted molar refractivity (Wildman–Crippen MR) is 117 cm³/mol. The van der Waals surface area contributed by atoms with Crippen molar-refractivity contribution in [3.8, 4) is 0 Å². The zero-order valence-electron chi connectivity index (χ0n) is 19.1. The number of carbonyl (C=O) groups excluding carboxylic acids is 2. The minimum atomic E-state index is -0.436. The molecule has 2 aliphatic rings. The Morgan fingerprint density at radius 3 is 2.57 bits per heavy atom. The van der Waals surface area contributed by atoms with Gasteiger partial charge in [-0.2, -0.15) is 5.10 Å². The van der Waals surface area contributed by atoms with E-state index in [1.54, 1.807) is 11.1 Å². The fraction of sp³-hybridized carbons (Fsp3) is 0.696. The van der Waals surface area contributed by atoms with Crippen LogP contribution >= 0.6 is 0 Å². The molecule has 0 radical (unpaired) electrons. The summed E-state index contributed by atoms with van der Waals surface area (Å²) < 4.78 is 5.52. The first-order valence-electron chi connectivity index (χ1n) is 11.3. The summed E-state index contributed by atoms with van der Waals surface area (Å²) in [5.74, 6) is -0.436. The van der Waals surface area contributed by atoms with Crippen LogP contribution in [0.3, 0.4) is 0 Å². The summed E-state index contributed by atoms with van der Waals surface area (Å²) in [6.07, 6.45) is 7.61. The molecule has 1 aromatic heterocycles. The Labute approximate surface area is 179 Å². The summed E-state index contributed by atoms with van der Waals surface area (Å²) >= 11 is 0. The smallest absolute Gasteiger partial charge is 0.342 e. The first-order chi connectivity index (χ1) is 14.2. The second-order valence-corrected chi connectivity index (χ2v) is 9.37. The number of aromatic nitrogens is 2. The number of likely N-dealkylation sites (tertiary alicyclic amines) is 1. The molecule has 1 fully saturated rings. The van der Waals surface area contributed by atoms with E-state index in [-0.39, 0.29) is 17.6 Å². The van der Waals surface area contributed by atoms with Gasteiger partial charge in [-0.1, -0.05) is 27.2 Å². The van der Waals surface area contributed by atoms with Crippen molar-refractivity contribution < 1.29 is 14.3 Å². The number of hydrogen-bond acceptors (Lipinski definition) is 4. The minimum absolute atomic E-state index is 0.0399. The maximum atomic E-state index is 13.3. The van der Waals surface area contributed by atoms with Gasteiger partial charge in [-0.15, -0.1) is 0 Å². The number of nitrogens with zero attached hydrogens (tertiary/aromatic N) is 3. The number of H-pyrrole nitrogens is 1. The number of hydrogen-bond donors (Lipinski definition) is 1. The molecule has 3 heterocycles. The van der Waals surface area contributed by atoms with Crippen LogP contribution in [0, 0.1) is 0 Å². The number of fused-ring (bicyclic) bond motifs is 1. The number of unbranched alkanes of at least 4 members (excludes halogenated alkanes) is 1. The van der Waals surface area contributed by atoms with E-state index in [2.05, 4.69) is 31.0 Å². The summed E-state index contributed by atoms with van der Waals surface area (Å²) in [5.41, 5.74) is 2.69. The van der Waals surface area contributed by atoms with Gasteiger partial charge < -0.3 is 9.64 Å². The van der Waals surface area contributed by atoms with E-state index in [0.717, 1.165) is 62.9 Å². The molecule has 0 atom stereocenters. The SMILES string of the molecule is CCCCc1[nH]nc2c1C(C)(C)CN(C(=O)N1CCCCC1)C=C2C(=O)OC(C)C. The van der Waals surface area contributed by atoms with Gasteiger partial charge >= 0.3 is 12.0 Å². The lowest BCUT2D eigenvalue weighted by molar-refractivity contribution is -0.140. The number of nitrogens with one attached hydrogen (secondary N) is 1. The third kappa shape index (κ3) is 4.71. The fourth-order valence-corrected chi connectivity index (χ4v) is 4.42. The molecule has 3 rings (SSSR count). The van der Waals surface area contributed by atoms with Gasteiger partial charge in [-0.3, -0.25) is 10.00 Å². The third-order valence-corrected chi connectivity index (χ3v) is 5.84. The summed E-state index contributed by atoms with van der Waals surface area (Å²) in [5, 5.41) is 7.70. The van der Waals surface area contributed by atoms with Crippen LogP contribution in [-0.4, -0.2) is 57.7 Å². The number of rotatable bonds is 5. The molecule has 2 aliphatic heterocycles. The number of ether oxygens (including phenoxy) is 1. The van der Waals surface area contributed by atoms with Crippen LogP contribution in [0.5, 0.6) is 0 Å². The normalized spacial score (nSPS) is 18.7. The zero-order valence-corrected chi connectivity index (χ0v) is 19.1. The molecule has 0 spiro atoms. The molecule has 30 heavy (non-hydrogen) atoms. The summed E-state index contributed by atoms with van der Waals surface area (Å²) in [6.45, 7) is 12.1. The van der Waals surface area contributed by atoms with Gasteiger partial charge in [0.25, 0.3) is 0 Å². The number of carbonyl (C=O) groups is 2. The van der Waals surface area contributed by atoms with Crippen molar-refractivity contribution in [3.63, 3.8) is 0 Å². The number of urea groups is 1. The summed E-state index contributed by atoms with van der Waals surface area (Å²) in [7, 11) is 0. The van der Waals surface area contributed by atoms with Crippen LogP contribution in [0.2, 0.25) is 0 Å². The van der Waals surface area contributed by atoms with Gasteiger partial charge in [0.1, 0.15) is 11.3 Å². The van der Waals surface area contributed by atoms with Gasteiger partial charge in [0.2, 0.25) is 0 Å². The quantitative estimate of drug-likeness (QED) is 0.728. The molecular formula is C23H36N4O3. The minimum Gasteiger partial charge on any atom is -0.459 e. The van der Waals surface area contributed by atoms with Crippen molar-refractivity contribution in [3.05, 3.63) is 23.2 Å². The van der Waals surface area contributed by atoms with E-state index < -0.39 is 5.97 Å². The molecule has 1 aromatic rings. The van der Waals surface area contributed by atoms with Crippen LogP contribution in [0.1, 0.15) is 83.7 Å². The molecule has 1 N–H and O–H groups in total. The Bertz CT molecular complexity index is 803. The van der Waals surface area contributed by atoms with Crippen LogP contribution in [0.15, 0.2) is 6.20 Å². The average molecular weight is 417 g/mol. The molecule has 7 heteroatoms. The monoisotopic (exact) mass is 416 g/mol. The van der Waals surface area contributed by atoms with E-state index in [1.165, 1.54) is 0 Å². The van der Waals surface area contributed by atoms with Crippen LogP contribution in [-0.2, 0) is 21.4 Å². The summed E-state index contributed by atoms with van der Waals surface area (Å²) in [4.78, 5) is 29.9. The standard InChI is InChI=1S/C23H36N4O3/c1-6-7-11-18-19-20(25-24-18)17(21(28)30-16(2)3)14-27(15-23(19,4)5)22(29)26-12-9-8-10-13-26/h14,16H,6-13,15H2,1-5H3,(H,24,25). The predicted octanol–water partition coefficient (Wildman–Crippen LogP) is 4.24. The molecule has 0 aromatic carbocycles. The number of esters is 1. The first kappa shape index (κ1) is 22.4. The van der Waals surface area contributed by atoms with Crippen molar-refractivity contribution in [1.82, 2.24) is 20.0 Å². The average Bonchev–Trinajstić information content (AvgIpc) is 3.08. The number of piperidine rings is 1. The third-order valence-electron chi connectivity index (χ3n) is 5.84. The van der Waals surface area contributed by atoms with Gasteiger partial charge in [-0.25, -0.2) is 9.59 Å². The highest BCUT2D eigenvalue weighted by molar-refractivity contribution is 6.16. The molecular weight excluding hydrogens is 380 g/mol. The van der Waals surface area contributed by atoms with Crippen molar-refractivity contribution in [2.75, 3.05) is 19.6 Å². The van der Waals surface area contributed by atoms with E-state index in [9.17, 15) is 9.59 Å². The molecule has 2 amide bonds. The van der Waals surface area contributed by atoms with Crippen molar-refractivity contribution >= 4 is 17.6 Å². The Balaban J connectivity index is 2.03. The number of aryl methyl sites for hydroxylation is 1. The van der Waals surface area contributed by atoms with Gasteiger partial charge in [0.15, 0.2) is 0 Å². The Kier molecular flexibility index (Phi) is 6.88. The fourth-order valence-electron chi connectivity index (χ4n) is 4.42. The molecule has 0 saturated carbocycles. The highest BCUT2D eigenvalue weighted by atomic mass is 16.5. The van der Waals surface area contributed by atoms with Crippen molar-refractivity contribution in [2.24, 2.45) is 0 Å². The van der Waals surface area contributed by atoms with Gasteiger partial charge in [0.05, 0.1) is 6.10 Å². The largest absolute Gasteiger partial charge is 0.459 e. The highest BCUT2D eigenvalue weighted by Gasteiger charge is 2.39. The van der Waals surface area contributed by atoms with Crippen molar-refractivity contribution in [2.45, 2.75) is 84.7 Å². The number of aromatic amines is 1. The van der Waals surface area contributed by atoms with Gasteiger partial charge in [0, 0.05) is 42.5 Å². The maximum absolute atomic E-state index is 13.3. The highest BCUT2D eigenvalue weighted by Crippen LogP contribution is 2.37. The van der Waals surface area contributed by atoms with Crippen LogP contribution in [0.25, 0.3) is 5.57 Å². The zero-order chi connectivity index (χ0) is 21.9. The lowest BCUT2D eigenvalue weighted by Gasteiger charge is -2.35.